The van der Waals surface area contributed by atoms with Crippen LogP contribution in [0.4, 0.5) is 10.5 Å². The summed E-state index contributed by atoms with van der Waals surface area (Å²) >= 11 is 0. The lowest BCUT2D eigenvalue weighted by Crippen LogP contribution is -2.43. The number of ether oxygens (including phenoxy) is 2. The van der Waals surface area contributed by atoms with E-state index >= 15 is 0 Å². The lowest BCUT2D eigenvalue weighted by atomic mass is 10.1. The van der Waals surface area contributed by atoms with E-state index in [1.807, 2.05) is 60.7 Å². The number of hydrogen-bond donors (Lipinski definition) is 1. The standard InChI is InChI=1S/C24H22N2O6/c27-23(31-16-20-11-13-21(14-12-20)26(29)30)22(15-18-7-3-1-4-8-18)25-24(28)32-17-19-9-5-2-6-10-19/h1-14,22H,15-17H2,(H,25,28)/t22-/m1/s1. The Morgan fingerprint density at radius 2 is 1.31 bits per heavy atom. The van der Waals surface area contributed by atoms with Gasteiger partial charge in [-0.3, -0.25) is 10.1 Å². The molecule has 3 aromatic carbocycles. The van der Waals surface area contributed by atoms with Crippen LogP contribution in [0.3, 0.4) is 0 Å². The molecule has 0 aliphatic heterocycles. The Morgan fingerprint density at radius 1 is 0.781 bits per heavy atom. The molecule has 1 N–H and O–H groups in total. The highest BCUT2D eigenvalue weighted by Gasteiger charge is 2.24. The van der Waals surface area contributed by atoms with Crippen LogP contribution in [-0.2, 0) is 33.9 Å². The molecular formula is C24H22N2O6. The molecule has 0 saturated carbocycles. The molecule has 3 aromatic rings. The van der Waals surface area contributed by atoms with Gasteiger partial charge in [-0.2, -0.15) is 0 Å². The maximum Gasteiger partial charge on any atom is 0.408 e. The number of benzene rings is 3. The van der Waals surface area contributed by atoms with Gasteiger partial charge in [0.25, 0.3) is 5.69 Å². The first-order valence-electron chi connectivity index (χ1n) is 9.92. The number of nitro benzene ring substituents is 1. The average molecular weight is 434 g/mol. The van der Waals surface area contributed by atoms with E-state index in [9.17, 15) is 19.7 Å². The molecule has 1 amide bonds. The normalized spacial score (nSPS) is 11.2. The fourth-order valence-corrected chi connectivity index (χ4v) is 2.92. The Bertz CT molecular complexity index is 1040. The molecule has 0 saturated heterocycles. The zero-order valence-corrected chi connectivity index (χ0v) is 17.2. The molecule has 0 heterocycles. The average Bonchev–Trinajstić information content (AvgIpc) is 2.82. The molecule has 0 aliphatic rings. The Hall–Kier alpha value is -4.20. The van der Waals surface area contributed by atoms with Gasteiger partial charge in [0, 0.05) is 18.6 Å². The van der Waals surface area contributed by atoms with Crippen LogP contribution in [-0.4, -0.2) is 23.0 Å². The van der Waals surface area contributed by atoms with Gasteiger partial charge in [-0.1, -0.05) is 60.7 Å². The molecule has 0 spiro atoms. The second-order valence-electron chi connectivity index (χ2n) is 6.98. The van der Waals surface area contributed by atoms with Crippen molar-refractivity contribution in [1.29, 1.82) is 0 Å². The highest BCUT2D eigenvalue weighted by Crippen LogP contribution is 2.13. The van der Waals surface area contributed by atoms with Crippen molar-refractivity contribution in [2.24, 2.45) is 0 Å². The molecule has 8 heteroatoms. The molecule has 0 radical (unpaired) electrons. The smallest absolute Gasteiger partial charge is 0.408 e. The quantitative estimate of drug-likeness (QED) is 0.308. The molecule has 3 rings (SSSR count). The lowest BCUT2D eigenvalue weighted by molar-refractivity contribution is -0.384. The third kappa shape index (κ3) is 6.94. The van der Waals surface area contributed by atoms with Crippen molar-refractivity contribution in [3.8, 4) is 0 Å². The number of carbonyl (C=O) groups is 2. The minimum Gasteiger partial charge on any atom is -0.459 e. The number of nitrogens with zero attached hydrogens (tertiary/aromatic N) is 1. The Morgan fingerprint density at radius 3 is 1.91 bits per heavy atom. The second kappa shape index (κ2) is 11.3. The van der Waals surface area contributed by atoms with Crippen molar-refractivity contribution in [2.75, 3.05) is 0 Å². The van der Waals surface area contributed by atoms with Gasteiger partial charge in [-0.25, -0.2) is 9.59 Å². The molecule has 1 atom stereocenters. The molecule has 164 valence electrons. The first-order valence-corrected chi connectivity index (χ1v) is 9.92. The SMILES string of the molecule is O=C(N[C@H](Cc1ccccc1)C(=O)OCc1ccc([N+](=O)[O-])cc1)OCc1ccccc1. The predicted octanol–water partition coefficient (Wildman–Crippen LogP) is 4.18. The van der Waals surface area contributed by atoms with Crippen LogP contribution in [0.1, 0.15) is 16.7 Å². The number of amides is 1. The second-order valence-corrected chi connectivity index (χ2v) is 6.98. The van der Waals surface area contributed by atoms with Gasteiger partial charge in [-0.15, -0.1) is 0 Å². The van der Waals surface area contributed by atoms with Crippen LogP contribution >= 0.6 is 0 Å². The summed E-state index contributed by atoms with van der Waals surface area (Å²) in [6.45, 7) is -0.00850. The number of non-ortho nitro benzene ring substituents is 1. The number of nitro groups is 1. The fourth-order valence-electron chi connectivity index (χ4n) is 2.92. The summed E-state index contributed by atoms with van der Waals surface area (Å²) in [6, 6.07) is 23.1. The Balaban J connectivity index is 1.61. The summed E-state index contributed by atoms with van der Waals surface area (Å²) in [4.78, 5) is 35.2. The summed E-state index contributed by atoms with van der Waals surface area (Å²) in [7, 11) is 0. The maximum atomic E-state index is 12.7. The van der Waals surface area contributed by atoms with Crippen LogP contribution in [0, 0.1) is 10.1 Å². The summed E-state index contributed by atoms with van der Waals surface area (Å²) in [5.41, 5.74) is 2.20. The van der Waals surface area contributed by atoms with Crippen molar-refractivity contribution >= 4 is 17.7 Å². The molecular weight excluding hydrogens is 412 g/mol. The van der Waals surface area contributed by atoms with Gasteiger partial charge >= 0.3 is 12.1 Å². The molecule has 0 unspecified atom stereocenters. The van der Waals surface area contributed by atoms with Gasteiger partial charge in [0.05, 0.1) is 4.92 Å². The molecule has 32 heavy (non-hydrogen) atoms. The molecule has 0 bridgehead atoms. The number of hydrogen-bond acceptors (Lipinski definition) is 6. The van der Waals surface area contributed by atoms with Gasteiger partial charge in [0.15, 0.2) is 0 Å². The first kappa shape index (κ1) is 22.5. The van der Waals surface area contributed by atoms with E-state index in [2.05, 4.69) is 5.32 Å². The third-order valence-electron chi connectivity index (χ3n) is 4.60. The predicted molar refractivity (Wildman–Crippen MR) is 117 cm³/mol. The van der Waals surface area contributed by atoms with Crippen molar-refractivity contribution in [1.82, 2.24) is 5.32 Å². The van der Waals surface area contributed by atoms with Crippen LogP contribution in [0.25, 0.3) is 0 Å². The van der Waals surface area contributed by atoms with Crippen molar-refractivity contribution in [2.45, 2.75) is 25.7 Å². The molecule has 0 aliphatic carbocycles. The number of nitrogens with one attached hydrogen (secondary N) is 1. The van der Waals surface area contributed by atoms with Gasteiger partial charge in [0.1, 0.15) is 19.3 Å². The van der Waals surface area contributed by atoms with Crippen molar-refractivity contribution in [3.05, 3.63) is 112 Å². The summed E-state index contributed by atoms with van der Waals surface area (Å²) < 4.78 is 10.6. The molecule has 0 aromatic heterocycles. The Kier molecular flexibility index (Phi) is 7.91. The number of carbonyl (C=O) groups excluding carboxylic acids is 2. The van der Waals surface area contributed by atoms with E-state index in [0.717, 1.165) is 11.1 Å². The first-order chi connectivity index (χ1) is 15.5. The van der Waals surface area contributed by atoms with E-state index in [0.29, 0.717) is 5.56 Å². The molecule has 8 nitrogen and oxygen atoms in total. The highest BCUT2D eigenvalue weighted by atomic mass is 16.6. The topological polar surface area (TPSA) is 108 Å². The fraction of sp³-hybridized carbons (Fsp3) is 0.167. The summed E-state index contributed by atoms with van der Waals surface area (Å²) in [5.74, 6) is -0.635. The van der Waals surface area contributed by atoms with Gasteiger partial charge in [-0.05, 0) is 28.8 Å². The highest BCUT2D eigenvalue weighted by molar-refractivity contribution is 5.81. The number of rotatable bonds is 9. The zero-order valence-electron chi connectivity index (χ0n) is 17.2. The van der Waals surface area contributed by atoms with Crippen LogP contribution in [0.15, 0.2) is 84.9 Å². The van der Waals surface area contributed by atoms with Crippen molar-refractivity contribution in [3.63, 3.8) is 0 Å². The van der Waals surface area contributed by atoms with E-state index in [-0.39, 0.29) is 25.3 Å². The van der Waals surface area contributed by atoms with Crippen LogP contribution in [0.5, 0.6) is 0 Å². The minimum absolute atomic E-state index is 0.0511. The monoisotopic (exact) mass is 434 g/mol. The van der Waals surface area contributed by atoms with Gasteiger partial charge < -0.3 is 14.8 Å². The van der Waals surface area contributed by atoms with Crippen molar-refractivity contribution < 1.29 is 24.0 Å². The Labute approximate surface area is 184 Å². The van der Waals surface area contributed by atoms with E-state index in [1.165, 1.54) is 24.3 Å². The largest absolute Gasteiger partial charge is 0.459 e. The van der Waals surface area contributed by atoms with E-state index < -0.39 is 23.0 Å². The van der Waals surface area contributed by atoms with E-state index in [4.69, 9.17) is 9.47 Å². The molecule has 0 fully saturated rings. The summed E-state index contributed by atoms with van der Waals surface area (Å²) in [6.07, 6.45) is -0.512. The van der Waals surface area contributed by atoms with Crippen LogP contribution in [0.2, 0.25) is 0 Å². The van der Waals surface area contributed by atoms with Crippen LogP contribution < -0.4 is 5.32 Å². The lowest BCUT2D eigenvalue weighted by Gasteiger charge is -2.18. The number of esters is 1. The number of alkyl carbamates (subject to hydrolysis) is 1. The minimum atomic E-state index is -0.960. The van der Waals surface area contributed by atoms with Gasteiger partial charge in [0.2, 0.25) is 0 Å². The summed E-state index contributed by atoms with van der Waals surface area (Å²) in [5, 5.41) is 13.3. The van der Waals surface area contributed by atoms with E-state index in [1.54, 1.807) is 0 Å². The maximum absolute atomic E-state index is 12.7. The third-order valence-corrected chi connectivity index (χ3v) is 4.60. The zero-order chi connectivity index (χ0) is 22.8.